The minimum Gasteiger partial charge on any atom is -0.466 e. The van der Waals surface area contributed by atoms with Crippen molar-refractivity contribution in [3.63, 3.8) is 0 Å². The number of rotatable bonds is 5. The predicted octanol–water partition coefficient (Wildman–Crippen LogP) is 1.71. The van der Waals surface area contributed by atoms with Crippen LogP contribution in [0.1, 0.15) is 35.2 Å². The van der Waals surface area contributed by atoms with E-state index in [-0.39, 0.29) is 5.91 Å². The van der Waals surface area contributed by atoms with Crippen LogP contribution in [0.4, 0.5) is 0 Å². The summed E-state index contributed by atoms with van der Waals surface area (Å²) in [6.45, 7) is 7.64. The number of hydrogen-bond acceptors (Lipinski definition) is 3. The normalized spacial score (nSPS) is 10.5. The molecule has 4 heteroatoms. The molecule has 1 rings (SSSR count). The summed E-state index contributed by atoms with van der Waals surface area (Å²) in [5, 5.41) is 0. The van der Waals surface area contributed by atoms with Gasteiger partial charge in [-0.2, -0.15) is 0 Å². The monoisotopic (exact) mass is 224 g/mol. The molecule has 0 bridgehead atoms. The first-order valence-corrected chi connectivity index (χ1v) is 5.66. The molecule has 1 aromatic heterocycles. The van der Waals surface area contributed by atoms with Gasteiger partial charge in [-0.1, -0.05) is 0 Å². The molecule has 0 atom stereocenters. The molecule has 0 aliphatic heterocycles. The van der Waals surface area contributed by atoms with Gasteiger partial charge in [0.1, 0.15) is 11.5 Å². The number of hydrogen-bond donors (Lipinski definition) is 1. The fraction of sp³-hybridized carbons (Fsp3) is 0.583. The molecule has 4 nitrogen and oxygen atoms in total. The predicted molar refractivity (Wildman–Crippen MR) is 63.4 cm³/mol. The topological polar surface area (TPSA) is 59.5 Å². The van der Waals surface area contributed by atoms with Gasteiger partial charge in [0.25, 0.3) is 5.91 Å². The lowest BCUT2D eigenvalue weighted by Crippen LogP contribution is -2.32. The van der Waals surface area contributed by atoms with E-state index in [4.69, 9.17) is 10.2 Å². The maximum absolute atomic E-state index is 12.1. The second kappa shape index (κ2) is 5.70. The molecular weight excluding hydrogens is 204 g/mol. The average Bonchev–Trinajstić information content (AvgIpc) is 2.58. The van der Waals surface area contributed by atoms with Crippen molar-refractivity contribution in [3.05, 3.63) is 23.2 Å². The van der Waals surface area contributed by atoms with Crippen LogP contribution in [0, 0.1) is 13.8 Å². The van der Waals surface area contributed by atoms with Crippen LogP contribution in [0.3, 0.4) is 0 Å². The molecule has 1 heterocycles. The molecule has 1 aromatic rings. The van der Waals surface area contributed by atoms with Crippen molar-refractivity contribution >= 4 is 5.91 Å². The van der Waals surface area contributed by atoms with Crippen LogP contribution in [0.15, 0.2) is 10.5 Å². The summed E-state index contributed by atoms with van der Waals surface area (Å²) < 4.78 is 5.36. The Morgan fingerprint density at radius 3 is 2.62 bits per heavy atom. The third-order valence-electron chi connectivity index (χ3n) is 2.57. The zero-order chi connectivity index (χ0) is 12.1. The van der Waals surface area contributed by atoms with Crippen molar-refractivity contribution in [2.45, 2.75) is 27.2 Å². The van der Waals surface area contributed by atoms with Crippen molar-refractivity contribution in [2.75, 3.05) is 19.6 Å². The SMILES string of the molecule is CCN(CCCN)C(=O)c1cc(C)oc1C. The number of carbonyl (C=O) groups excluding carboxylic acids is 1. The minimum atomic E-state index is 0.0327. The van der Waals surface area contributed by atoms with Crippen LogP contribution < -0.4 is 5.73 Å². The highest BCUT2D eigenvalue weighted by Crippen LogP contribution is 2.16. The first-order chi connectivity index (χ1) is 7.60. The van der Waals surface area contributed by atoms with Gasteiger partial charge in [-0.25, -0.2) is 0 Å². The van der Waals surface area contributed by atoms with Crippen LogP contribution >= 0.6 is 0 Å². The average molecular weight is 224 g/mol. The van der Waals surface area contributed by atoms with E-state index in [1.165, 1.54) is 0 Å². The number of nitrogens with zero attached hydrogens (tertiary/aromatic N) is 1. The number of nitrogens with two attached hydrogens (primary N) is 1. The van der Waals surface area contributed by atoms with Gasteiger partial charge in [-0.15, -0.1) is 0 Å². The zero-order valence-corrected chi connectivity index (χ0v) is 10.2. The molecule has 90 valence electrons. The maximum atomic E-state index is 12.1. The Morgan fingerprint density at radius 1 is 1.50 bits per heavy atom. The number of aryl methyl sites for hydroxylation is 2. The van der Waals surface area contributed by atoms with Gasteiger partial charge >= 0.3 is 0 Å². The Bertz CT molecular complexity index is 358. The van der Waals surface area contributed by atoms with Crippen LogP contribution in [0.25, 0.3) is 0 Å². The molecule has 0 aromatic carbocycles. The molecule has 1 amide bonds. The van der Waals surface area contributed by atoms with Crippen molar-refractivity contribution in [1.29, 1.82) is 0 Å². The van der Waals surface area contributed by atoms with Gasteiger partial charge in [0, 0.05) is 13.1 Å². The van der Waals surface area contributed by atoms with Crippen molar-refractivity contribution < 1.29 is 9.21 Å². The van der Waals surface area contributed by atoms with E-state index in [2.05, 4.69) is 0 Å². The molecule has 2 N–H and O–H groups in total. The van der Waals surface area contributed by atoms with Gasteiger partial charge < -0.3 is 15.1 Å². The van der Waals surface area contributed by atoms with Gasteiger partial charge in [0.15, 0.2) is 0 Å². The highest BCUT2D eigenvalue weighted by molar-refractivity contribution is 5.95. The minimum absolute atomic E-state index is 0.0327. The largest absolute Gasteiger partial charge is 0.466 e. The molecule has 0 radical (unpaired) electrons. The highest BCUT2D eigenvalue weighted by Gasteiger charge is 2.18. The summed E-state index contributed by atoms with van der Waals surface area (Å²) in [6, 6.07) is 1.79. The molecule has 0 fully saturated rings. The number of furan rings is 1. The molecule has 0 aliphatic carbocycles. The number of carbonyl (C=O) groups is 1. The van der Waals surface area contributed by atoms with E-state index in [0.717, 1.165) is 12.2 Å². The fourth-order valence-electron chi connectivity index (χ4n) is 1.70. The summed E-state index contributed by atoms with van der Waals surface area (Å²) in [5.41, 5.74) is 6.11. The van der Waals surface area contributed by atoms with Gasteiger partial charge in [0.2, 0.25) is 0 Å². The third kappa shape index (κ3) is 2.85. The molecule has 0 spiro atoms. The Kier molecular flexibility index (Phi) is 4.55. The lowest BCUT2D eigenvalue weighted by Gasteiger charge is -2.19. The third-order valence-corrected chi connectivity index (χ3v) is 2.57. The summed E-state index contributed by atoms with van der Waals surface area (Å²) in [5.74, 6) is 1.50. The van der Waals surface area contributed by atoms with Gasteiger partial charge in [-0.05, 0) is 39.8 Å². The second-order valence-corrected chi connectivity index (χ2v) is 3.85. The molecule has 0 unspecified atom stereocenters. The van der Waals surface area contributed by atoms with Gasteiger partial charge in [0.05, 0.1) is 5.56 Å². The summed E-state index contributed by atoms with van der Waals surface area (Å²) >= 11 is 0. The van der Waals surface area contributed by atoms with E-state index in [0.29, 0.717) is 31.0 Å². The quantitative estimate of drug-likeness (QED) is 0.828. The fourth-order valence-corrected chi connectivity index (χ4v) is 1.70. The van der Waals surface area contributed by atoms with E-state index >= 15 is 0 Å². The first kappa shape index (κ1) is 12.8. The van der Waals surface area contributed by atoms with Gasteiger partial charge in [-0.3, -0.25) is 4.79 Å². The van der Waals surface area contributed by atoms with Crippen molar-refractivity contribution in [1.82, 2.24) is 4.90 Å². The number of amides is 1. The van der Waals surface area contributed by atoms with Crippen LogP contribution in [0.2, 0.25) is 0 Å². The van der Waals surface area contributed by atoms with E-state index < -0.39 is 0 Å². The highest BCUT2D eigenvalue weighted by atomic mass is 16.3. The standard InChI is InChI=1S/C12H20N2O2/c1-4-14(7-5-6-13)12(15)11-8-9(2)16-10(11)3/h8H,4-7,13H2,1-3H3. The maximum Gasteiger partial charge on any atom is 0.257 e. The van der Waals surface area contributed by atoms with E-state index in [9.17, 15) is 4.79 Å². The lowest BCUT2D eigenvalue weighted by atomic mass is 10.2. The Labute approximate surface area is 96.4 Å². The molecule has 0 saturated carbocycles. The Hall–Kier alpha value is -1.29. The van der Waals surface area contributed by atoms with Crippen LogP contribution in [-0.4, -0.2) is 30.4 Å². The summed E-state index contributed by atoms with van der Waals surface area (Å²) in [6.07, 6.45) is 0.829. The Balaban J connectivity index is 2.78. The molecule has 0 saturated heterocycles. The zero-order valence-electron chi connectivity index (χ0n) is 10.2. The molecular formula is C12H20N2O2. The van der Waals surface area contributed by atoms with E-state index in [1.807, 2.05) is 20.8 Å². The lowest BCUT2D eigenvalue weighted by molar-refractivity contribution is 0.0762. The van der Waals surface area contributed by atoms with Crippen molar-refractivity contribution in [2.24, 2.45) is 5.73 Å². The summed E-state index contributed by atoms with van der Waals surface area (Å²) in [7, 11) is 0. The van der Waals surface area contributed by atoms with Crippen LogP contribution in [0.5, 0.6) is 0 Å². The van der Waals surface area contributed by atoms with Crippen LogP contribution in [-0.2, 0) is 0 Å². The second-order valence-electron chi connectivity index (χ2n) is 3.85. The van der Waals surface area contributed by atoms with Crippen molar-refractivity contribution in [3.8, 4) is 0 Å². The molecule has 0 aliphatic rings. The van der Waals surface area contributed by atoms with E-state index in [1.54, 1.807) is 11.0 Å². The first-order valence-electron chi connectivity index (χ1n) is 5.66. The molecule has 16 heavy (non-hydrogen) atoms. The Morgan fingerprint density at radius 2 is 2.19 bits per heavy atom. The summed E-state index contributed by atoms with van der Waals surface area (Å²) in [4.78, 5) is 13.9. The smallest absolute Gasteiger partial charge is 0.257 e.